The van der Waals surface area contributed by atoms with E-state index in [1.807, 2.05) is 67.6 Å². The Hall–Kier alpha value is -3.34. The number of carbonyl (C=O) groups is 1. The van der Waals surface area contributed by atoms with Crippen LogP contribution in [0.4, 0.5) is 0 Å². The molecule has 0 aliphatic carbocycles. The number of ether oxygens (including phenoxy) is 1. The number of hydrogen-bond donors (Lipinski definition) is 1. The van der Waals surface area contributed by atoms with Crippen molar-refractivity contribution in [2.45, 2.75) is 19.6 Å². The number of amides is 1. The van der Waals surface area contributed by atoms with Crippen molar-refractivity contribution in [1.82, 2.24) is 5.32 Å². The third kappa shape index (κ3) is 4.39. The molecule has 1 unspecified atom stereocenters. The van der Waals surface area contributed by atoms with E-state index in [4.69, 9.17) is 9.15 Å². The van der Waals surface area contributed by atoms with E-state index < -0.39 is 11.3 Å². The highest BCUT2D eigenvalue weighted by atomic mass is 16.5. The number of benzene rings is 2. The fraction of sp³-hybridized carbons (Fsp3) is 0.143. The standard InChI is InChI=1S/C21H19NO4/c1-15(17-10-6-3-7-11-17)22-21(24)19-12-18(23)20(14-26-19)25-13-16-8-4-2-5-9-16/h2-12,14-15H,13H2,1H3,(H,22,24). The molecular weight excluding hydrogens is 330 g/mol. The molecule has 0 fully saturated rings. The van der Waals surface area contributed by atoms with Crippen LogP contribution in [-0.2, 0) is 6.61 Å². The number of rotatable bonds is 6. The topological polar surface area (TPSA) is 68.5 Å². The second kappa shape index (κ2) is 8.16. The summed E-state index contributed by atoms with van der Waals surface area (Å²) in [6.45, 7) is 2.12. The van der Waals surface area contributed by atoms with E-state index in [-0.39, 0.29) is 24.2 Å². The molecule has 0 spiro atoms. The lowest BCUT2D eigenvalue weighted by atomic mass is 10.1. The first-order valence-electron chi connectivity index (χ1n) is 8.29. The summed E-state index contributed by atoms with van der Waals surface area (Å²) in [4.78, 5) is 24.4. The van der Waals surface area contributed by atoms with Gasteiger partial charge in [0.2, 0.25) is 11.2 Å². The van der Waals surface area contributed by atoms with Gasteiger partial charge in [-0.1, -0.05) is 60.7 Å². The van der Waals surface area contributed by atoms with Crippen molar-refractivity contribution in [2.75, 3.05) is 0 Å². The Morgan fingerprint density at radius 3 is 2.38 bits per heavy atom. The summed E-state index contributed by atoms with van der Waals surface area (Å²) in [5.41, 5.74) is 1.50. The minimum Gasteiger partial charge on any atom is -0.482 e. The van der Waals surface area contributed by atoms with Gasteiger partial charge >= 0.3 is 0 Å². The second-order valence-corrected chi connectivity index (χ2v) is 5.85. The van der Waals surface area contributed by atoms with Crippen LogP contribution in [0.2, 0.25) is 0 Å². The summed E-state index contributed by atoms with van der Waals surface area (Å²) in [7, 11) is 0. The summed E-state index contributed by atoms with van der Waals surface area (Å²) in [6, 6.07) is 20.0. The molecule has 5 heteroatoms. The molecule has 0 bridgehead atoms. The molecule has 1 N–H and O–H groups in total. The van der Waals surface area contributed by atoms with Crippen molar-refractivity contribution in [3.8, 4) is 5.75 Å². The van der Waals surface area contributed by atoms with Crippen molar-refractivity contribution >= 4 is 5.91 Å². The number of carbonyl (C=O) groups excluding carboxylic acids is 1. The number of nitrogens with one attached hydrogen (secondary N) is 1. The van der Waals surface area contributed by atoms with Crippen LogP contribution in [-0.4, -0.2) is 5.91 Å². The highest BCUT2D eigenvalue weighted by Crippen LogP contribution is 2.13. The van der Waals surface area contributed by atoms with Crippen LogP contribution in [0.25, 0.3) is 0 Å². The molecule has 2 aromatic carbocycles. The van der Waals surface area contributed by atoms with Gasteiger partial charge in [0.15, 0.2) is 5.76 Å². The Bertz CT molecular complexity index is 920. The highest BCUT2D eigenvalue weighted by molar-refractivity contribution is 5.91. The fourth-order valence-corrected chi connectivity index (χ4v) is 2.45. The molecule has 26 heavy (non-hydrogen) atoms. The van der Waals surface area contributed by atoms with Gasteiger partial charge in [-0.15, -0.1) is 0 Å². The van der Waals surface area contributed by atoms with Gasteiger partial charge in [-0.25, -0.2) is 0 Å². The zero-order chi connectivity index (χ0) is 18.4. The van der Waals surface area contributed by atoms with Crippen LogP contribution in [0, 0.1) is 0 Å². The molecule has 5 nitrogen and oxygen atoms in total. The maximum Gasteiger partial charge on any atom is 0.287 e. The third-order valence-corrected chi connectivity index (χ3v) is 3.91. The lowest BCUT2D eigenvalue weighted by Gasteiger charge is -2.13. The van der Waals surface area contributed by atoms with E-state index in [9.17, 15) is 9.59 Å². The minimum absolute atomic E-state index is 0.0511. The SMILES string of the molecule is CC(NC(=O)c1cc(=O)c(OCc2ccccc2)co1)c1ccccc1. The second-order valence-electron chi connectivity index (χ2n) is 5.85. The van der Waals surface area contributed by atoms with Crippen molar-refractivity contribution in [1.29, 1.82) is 0 Å². The summed E-state index contributed by atoms with van der Waals surface area (Å²) in [5.74, 6) is -0.431. The van der Waals surface area contributed by atoms with E-state index in [0.717, 1.165) is 17.2 Å². The Labute approximate surface area is 151 Å². The molecule has 1 amide bonds. The van der Waals surface area contributed by atoms with E-state index in [2.05, 4.69) is 5.32 Å². The van der Waals surface area contributed by atoms with Gasteiger partial charge in [0.1, 0.15) is 12.9 Å². The molecule has 132 valence electrons. The Balaban J connectivity index is 1.65. The predicted molar refractivity (Wildman–Crippen MR) is 98.1 cm³/mol. The summed E-state index contributed by atoms with van der Waals surface area (Å²) < 4.78 is 10.8. The first kappa shape index (κ1) is 17.5. The molecule has 3 aromatic rings. The average molecular weight is 349 g/mol. The molecule has 1 aromatic heterocycles. The Morgan fingerprint density at radius 1 is 1.08 bits per heavy atom. The van der Waals surface area contributed by atoms with Crippen LogP contribution in [0.5, 0.6) is 5.75 Å². The summed E-state index contributed by atoms with van der Waals surface area (Å²) >= 11 is 0. The van der Waals surface area contributed by atoms with Crippen LogP contribution >= 0.6 is 0 Å². The molecule has 0 saturated carbocycles. The van der Waals surface area contributed by atoms with Gasteiger partial charge < -0.3 is 14.5 Å². The largest absolute Gasteiger partial charge is 0.482 e. The molecule has 0 aliphatic heterocycles. The van der Waals surface area contributed by atoms with Crippen LogP contribution in [0.1, 0.15) is 34.6 Å². The molecule has 0 saturated heterocycles. The summed E-state index contributed by atoms with van der Waals surface area (Å²) in [6.07, 6.45) is 1.17. The maximum absolute atomic E-state index is 12.3. The molecule has 0 aliphatic rings. The quantitative estimate of drug-likeness (QED) is 0.736. The molecule has 1 atom stereocenters. The van der Waals surface area contributed by atoms with E-state index in [0.29, 0.717) is 0 Å². The van der Waals surface area contributed by atoms with Gasteiger partial charge in [0.25, 0.3) is 5.91 Å². The first-order valence-corrected chi connectivity index (χ1v) is 8.29. The van der Waals surface area contributed by atoms with Crippen molar-refractivity contribution in [2.24, 2.45) is 0 Å². The molecule has 3 rings (SSSR count). The van der Waals surface area contributed by atoms with Gasteiger partial charge in [0.05, 0.1) is 6.04 Å². The zero-order valence-electron chi connectivity index (χ0n) is 14.3. The van der Waals surface area contributed by atoms with Crippen molar-refractivity contribution in [3.63, 3.8) is 0 Å². The zero-order valence-corrected chi connectivity index (χ0v) is 14.3. The average Bonchev–Trinajstić information content (AvgIpc) is 2.68. The van der Waals surface area contributed by atoms with E-state index >= 15 is 0 Å². The van der Waals surface area contributed by atoms with Crippen molar-refractivity contribution < 1.29 is 13.9 Å². The lowest BCUT2D eigenvalue weighted by molar-refractivity contribution is 0.0908. The van der Waals surface area contributed by atoms with Gasteiger partial charge in [-0.2, -0.15) is 0 Å². The maximum atomic E-state index is 12.3. The van der Waals surface area contributed by atoms with Crippen LogP contribution < -0.4 is 15.5 Å². The highest BCUT2D eigenvalue weighted by Gasteiger charge is 2.15. The van der Waals surface area contributed by atoms with Crippen molar-refractivity contribution in [3.05, 3.63) is 100 Å². The monoisotopic (exact) mass is 349 g/mol. The minimum atomic E-state index is -0.451. The third-order valence-electron chi connectivity index (χ3n) is 3.91. The lowest BCUT2D eigenvalue weighted by Crippen LogP contribution is -2.27. The van der Waals surface area contributed by atoms with Crippen LogP contribution in [0.15, 0.2) is 82.2 Å². The van der Waals surface area contributed by atoms with Gasteiger partial charge in [-0.05, 0) is 18.1 Å². The number of hydrogen-bond acceptors (Lipinski definition) is 4. The fourth-order valence-electron chi connectivity index (χ4n) is 2.45. The van der Waals surface area contributed by atoms with E-state index in [1.54, 1.807) is 0 Å². The Kier molecular flexibility index (Phi) is 5.49. The van der Waals surface area contributed by atoms with E-state index in [1.165, 1.54) is 6.26 Å². The Morgan fingerprint density at radius 2 is 1.73 bits per heavy atom. The first-order chi connectivity index (χ1) is 12.6. The summed E-state index contributed by atoms with van der Waals surface area (Å²) in [5, 5.41) is 2.80. The van der Waals surface area contributed by atoms with Gasteiger partial charge in [0, 0.05) is 6.07 Å². The molecule has 1 heterocycles. The van der Waals surface area contributed by atoms with Gasteiger partial charge in [-0.3, -0.25) is 9.59 Å². The van der Waals surface area contributed by atoms with Crippen LogP contribution in [0.3, 0.4) is 0 Å². The molecule has 0 radical (unpaired) electrons. The molecular formula is C21H19NO4. The smallest absolute Gasteiger partial charge is 0.287 e. The predicted octanol–water partition coefficient (Wildman–Crippen LogP) is 3.71. The normalized spacial score (nSPS) is 11.6.